The van der Waals surface area contributed by atoms with Gasteiger partial charge in [0.2, 0.25) is 0 Å². The number of esters is 2. The molecule has 6 nitrogen and oxygen atoms in total. The maximum Gasteiger partial charge on any atom is 0.336 e. The zero-order valence-corrected chi connectivity index (χ0v) is 32.8. The van der Waals surface area contributed by atoms with Gasteiger partial charge in [-0.25, -0.2) is 4.79 Å². The Morgan fingerprint density at radius 1 is 0.538 bits per heavy atom. The smallest absolute Gasteiger partial charge is 0.336 e. The monoisotopic (exact) mass is 717 g/mol. The van der Waals surface area contributed by atoms with Crippen LogP contribution in [0.3, 0.4) is 0 Å². The predicted octanol–water partition coefficient (Wildman–Crippen LogP) is 13.5. The van der Waals surface area contributed by atoms with Crippen LogP contribution in [0.1, 0.15) is 174 Å². The van der Waals surface area contributed by atoms with Gasteiger partial charge in [-0.1, -0.05) is 127 Å². The quantitative estimate of drug-likeness (QED) is 0.0263. The third-order valence-corrected chi connectivity index (χ3v) is 9.13. The largest absolute Gasteiger partial charge is 0.423 e. The Labute approximate surface area is 314 Å². The summed E-state index contributed by atoms with van der Waals surface area (Å²) in [5.74, 6) is -0.496. The van der Waals surface area contributed by atoms with Gasteiger partial charge >= 0.3 is 17.6 Å². The number of allylic oxidation sites excluding steroid dienone is 8. The van der Waals surface area contributed by atoms with E-state index in [1.807, 2.05) is 0 Å². The number of benzene rings is 1. The topological polar surface area (TPSA) is 82.8 Å². The van der Waals surface area contributed by atoms with Crippen LogP contribution in [-0.2, 0) is 9.59 Å². The lowest BCUT2D eigenvalue weighted by molar-refractivity contribution is -0.137. The number of carbonyl (C=O) groups excluding carboxylic acids is 2. The van der Waals surface area contributed by atoms with Crippen LogP contribution in [0.4, 0.5) is 0 Å². The zero-order chi connectivity index (χ0) is 37.5. The maximum absolute atomic E-state index is 12.8. The molecule has 0 saturated heterocycles. The number of hydrogen-bond donors (Lipinski definition) is 0. The third kappa shape index (κ3) is 21.6. The van der Waals surface area contributed by atoms with E-state index in [4.69, 9.17) is 13.9 Å². The second-order valence-electron chi connectivity index (χ2n) is 14.0. The SMILES string of the molecule is CCCCC/C=C\C/C=C\CCCCCCCC(=O)Oc1cc2oc(=O)cc(C)c2cc1OC(=O)CCCCCCC/C=C\C/C=C\CCCCC. The highest BCUT2D eigenvalue weighted by Gasteiger charge is 2.17. The zero-order valence-electron chi connectivity index (χ0n) is 32.8. The second kappa shape index (κ2) is 29.9. The molecule has 0 spiro atoms. The van der Waals surface area contributed by atoms with Crippen LogP contribution in [0, 0.1) is 6.92 Å². The van der Waals surface area contributed by atoms with Crippen molar-refractivity contribution in [3.8, 4) is 11.5 Å². The first-order valence-corrected chi connectivity index (χ1v) is 20.5. The summed E-state index contributed by atoms with van der Waals surface area (Å²) < 4.78 is 16.8. The summed E-state index contributed by atoms with van der Waals surface area (Å²) in [6.07, 6.45) is 43.0. The van der Waals surface area contributed by atoms with E-state index in [0.717, 1.165) is 89.9 Å². The molecule has 0 fully saturated rings. The van der Waals surface area contributed by atoms with Crippen molar-refractivity contribution in [1.29, 1.82) is 0 Å². The fourth-order valence-electron chi connectivity index (χ4n) is 5.99. The molecule has 0 aliphatic heterocycles. The standard InChI is InChI=1S/C46H68O6/c1-4-6-8-10-12-14-16-18-20-22-24-26-28-30-32-34-44(47)51-42-37-40-39(3)36-46(49)50-41(40)38-43(42)52-45(48)35-33-31-29-27-25-23-21-19-17-15-13-11-9-7-5-2/h12-15,18-21,36-38H,4-11,16-17,22-35H2,1-3H3/b14-12-,15-13-,20-18-,21-19-. The summed E-state index contributed by atoms with van der Waals surface area (Å²) in [7, 11) is 0. The van der Waals surface area contributed by atoms with Crippen LogP contribution in [0.5, 0.6) is 11.5 Å². The number of hydrogen-bond acceptors (Lipinski definition) is 6. The van der Waals surface area contributed by atoms with Crippen LogP contribution < -0.4 is 15.1 Å². The molecule has 0 N–H and O–H groups in total. The molecule has 1 aromatic carbocycles. The third-order valence-electron chi connectivity index (χ3n) is 9.13. The summed E-state index contributed by atoms with van der Waals surface area (Å²) in [6, 6.07) is 4.51. The first kappa shape index (κ1) is 44.5. The number of aryl methyl sites for hydroxylation is 1. The van der Waals surface area contributed by atoms with E-state index in [2.05, 4.69) is 62.5 Å². The van der Waals surface area contributed by atoms with Crippen molar-refractivity contribution in [2.45, 2.75) is 175 Å². The van der Waals surface area contributed by atoms with E-state index >= 15 is 0 Å². The van der Waals surface area contributed by atoms with Gasteiger partial charge in [-0.2, -0.15) is 0 Å². The highest BCUT2D eigenvalue weighted by atomic mass is 16.6. The van der Waals surface area contributed by atoms with Gasteiger partial charge in [0.1, 0.15) is 5.58 Å². The van der Waals surface area contributed by atoms with Gasteiger partial charge in [0, 0.05) is 30.4 Å². The van der Waals surface area contributed by atoms with Crippen molar-refractivity contribution in [2.75, 3.05) is 0 Å². The summed E-state index contributed by atoms with van der Waals surface area (Å²) in [5, 5.41) is 0.632. The molecule has 1 aromatic heterocycles. The molecule has 0 saturated carbocycles. The summed E-state index contributed by atoms with van der Waals surface area (Å²) in [4.78, 5) is 37.7. The van der Waals surface area contributed by atoms with Gasteiger partial charge in [-0.15, -0.1) is 0 Å². The van der Waals surface area contributed by atoms with Crippen molar-refractivity contribution in [3.63, 3.8) is 0 Å². The van der Waals surface area contributed by atoms with E-state index in [-0.39, 0.29) is 30.3 Å². The summed E-state index contributed by atoms with van der Waals surface area (Å²) in [5.41, 5.74) is 0.497. The van der Waals surface area contributed by atoms with Gasteiger partial charge in [0.15, 0.2) is 11.5 Å². The minimum absolute atomic E-state index is 0.0993. The van der Waals surface area contributed by atoms with Crippen molar-refractivity contribution in [1.82, 2.24) is 0 Å². The molecule has 52 heavy (non-hydrogen) atoms. The molecule has 0 atom stereocenters. The molecule has 1 heterocycles. The van der Waals surface area contributed by atoms with Crippen LogP contribution in [0.2, 0.25) is 0 Å². The Kier molecular flexibility index (Phi) is 25.5. The first-order valence-electron chi connectivity index (χ1n) is 20.5. The molecule has 0 bridgehead atoms. The highest BCUT2D eigenvalue weighted by Crippen LogP contribution is 2.34. The lowest BCUT2D eigenvalue weighted by Crippen LogP contribution is -2.12. The molecule has 6 heteroatoms. The van der Waals surface area contributed by atoms with Gasteiger partial charge < -0.3 is 13.9 Å². The lowest BCUT2D eigenvalue weighted by Gasteiger charge is -2.12. The Morgan fingerprint density at radius 3 is 1.40 bits per heavy atom. The number of unbranched alkanes of at least 4 members (excludes halogenated alkanes) is 16. The normalized spacial score (nSPS) is 12.0. The Bertz CT molecular complexity index is 1440. The molecule has 0 aliphatic rings. The van der Waals surface area contributed by atoms with Gasteiger partial charge in [0.25, 0.3) is 0 Å². The van der Waals surface area contributed by atoms with Gasteiger partial charge in [0.05, 0.1) is 0 Å². The van der Waals surface area contributed by atoms with E-state index in [9.17, 15) is 14.4 Å². The van der Waals surface area contributed by atoms with E-state index in [0.29, 0.717) is 16.5 Å². The molecule has 0 aliphatic carbocycles. The number of carbonyl (C=O) groups is 2. The number of ether oxygens (including phenoxy) is 2. The van der Waals surface area contributed by atoms with Crippen LogP contribution in [-0.4, -0.2) is 11.9 Å². The average molecular weight is 717 g/mol. The Morgan fingerprint density at radius 2 is 0.942 bits per heavy atom. The molecular weight excluding hydrogens is 648 g/mol. The van der Waals surface area contributed by atoms with Gasteiger partial charge in [-0.3, -0.25) is 9.59 Å². The first-order chi connectivity index (χ1) is 25.4. The highest BCUT2D eigenvalue weighted by molar-refractivity contribution is 5.86. The number of rotatable bonds is 30. The van der Waals surface area contributed by atoms with E-state index < -0.39 is 11.6 Å². The minimum atomic E-state index is -0.488. The lowest BCUT2D eigenvalue weighted by atomic mass is 10.1. The summed E-state index contributed by atoms with van der Waals surface area (Å²) >= 11 is 0. The van der Waals surface area contributed by atoms with Crippen LogP contribution in [0.25, 0.3) is 11.0 Å². The number of fused-ring (bicyclic) bond motifs is 1. The van der Waals surface area contributed by atoms with Crippen molar-refractivity contribution >= 4 is 22.9 Å². The molecule has 0 unspecified atom stereocenters. The fourth-order valence-corrected chi connectivity index (χ4v) is 5.99. The molecular formula is C46H68O6. The second-order valence-corrected chi connectivity index (χ2v) is 14.0. The van der Waals surface area contributed by atoms with Crippen LogP contribution >= 0.6 is 0 Å². The van der Waals surface area contributed by atoms with Crippen molar-refractivity contribution < 1.29 is 23.5 Å². The van der Waals surface area contributed by atoms with Crippen molar-refractivity contribution in [3.05, 3.63) is 82.8 Å². The fraction of sp³-hybridized carbons (Fsp3) is 0.587. The van der Waals surface area contributed by atoms with Crippen molar-refractivity contribution in [2.24, 2.45) is 0 Å². The van der Waals surface area contributed by atoms with Crippen LogP contribution in [0.15, 0.2) is 76.0 Å². The van der Waals surface area contributed by atoms with E-state index in [1.54, 1.807) is 13.0 Å². The molecule has 0 radical (unpaired) electrons. The Balaban J connectivity index is 1.71. The molecule has 288 valence electrons. The molecule has 2 aromatic rings. The summed E-state index contributed by atoms with van der Waals surface area (Å²) in [6.45, 7) is 6.26. The van der Waals surface area contributed by atoms with E-state index in [1.165, 1.54) is 63.5 Å². The molecule has 0 amide bonds. The molecule has 2 rings (SSSR count). The Hall–Kier alpha value is -3.67. The average Bonchev–Trinajstić information content (AvgIpc) is 3.12. The maximum atomic E-state index is 12.8. The minimum Gasteiger partial charge on any atom is -0.423 e. The van der Waals surface area contributed by atoms with Gasteiger partial charge in [-0.05, 0) is 95.6 Å². The predicted molar refractivity (Wildman–Crippen MR) is 217 cm³/mol.